The van der Waals surface area contributed by atoms with Gasteiger partial charge in [0.1, 0.15) is 11.3 Å². The fourth-order valence-electron chi connectivity index (χ4n) is 1.97. The van der Waals surface area contributed by atoms with Crippen LogP contribution in [0.4, 0.5) is 5.69 Å². The smallest absolute Gasteiger partial charge is 0.261 e. The maximum atomic E-state index is 12.2. The van der Waals surface area contributed by atoms with Gasteiger partial charge in [-0.15, -0.1) is 0 Å². The van der Waals surface area contributed by atoms with Gasteiger partial charge < -0.3 is 9.84 Å². The number of carbonyl (C=O) groups is 1. The van der Waals surface area contributed by atoms with E-state index in [1.54, 1.807) is 13.8 Å². The molecule has 4 nitrogen and oxygen atoms in total. The molecule has 0 radical (unpaired) electrons. The van der Waals surface area contributed by atoms with Crippen molar-refractivity contribution in [2.45, 2.75) is 27.2 Å². The van der Waals surface area contributed by atoms with Crippen LogP contribution in [0.3, 0.4) is 0 Å². The summed E-state index contributed by atoms with van der Waals surface area (Å²) >= 11 is 3.43. The Labute approximate surface area is 120 Å². The van der Waals surface area contributed by atoms with E-state index in [1.807, 2.05) is 25.1 Å². The van der Waals surface area contributed by atoms with E-state index in [9.17, 15) is 4.79 Å². The highest BCUT2D eigenvalue weighted by Gasteiger charge is 2.18. The van der Waals surface area contributed by atoms with E-state index in [2.05, 4.69) is 26.4 Å². The molecule has 0 atom stereocenters. The van der Waals surface area contributed by atoms with Gasteiger partial charge in [0.25, 0.3) is 5.91 Å². The van der Waals surface area contributed by atoms with Crippen molar-refractivity contribution in [1.29, 1.82) is 0 Å². The van der Waals surface area contributed by atoms with Crippen LogP contribution >= 0.6 is 15.9 Å². The predicted octanol–water partition coefficient (Wildman–Crippen LogP) is 3.87. The molecule has 0 aliphatic carbocycles. The number of hydrogen-bond donors (Lipinski definition) is 1. The first-order valence-corrected chi connectivity index (χ1v) is 6.85. The fraction of sp³-hybridized carbons (Fsp3) is 0.286. The minimum atomic E-state index is -0.187. The molecule has 1 aromatic heterocycles. The van der Waals surface area contributed by atoms with Gasteiger partial charge in [0, 0.05) is 10.2 Å². The number of halogens is 1. The van der Waals surface area contributed by atoms with Crippen LogP contribution in [0.25, 0.3) is 0 Å². The molecular formula is C14H15BrN2O2. The highest BCUT2D eigenvalue weighted by atomic mass is 79.9. The van der Waals surface area contributed by atoms with Crippen molar-refractivity contribution in [2.75, 3.05) is 5.32 Å². The van der Waals surface area contributed by atoms with Crippen LogP contribution in [0.5, 0.6) is 0 Å². The molecule has 1 amide bonds. The number of nitrogens with zero attached hydrogens (tertiary/aromatic N) is 1. The lowest BCUT2D eigenvalue weighted by molar-refractivity contribution is 0.102. The minimum Gasteiger partial charge on any atom is -0.361 e. The Morgan fingerprint density at radius 3 is 2.74 bits per heavy atom. The molecule has 0 bridgehead atoms. The average molecular weight is 323 g/mol. The normalized spacial score (nSPS) is 10.5. The summed E-state index contributed by atoms with van der Waals surface area (Å²) < 4.78 is 6.01. The summed E-state index contributed by atoms with van der Waals surface area (Å²) in [6, 6.07) is 5.80. The fourth-order valence-corrected chi connectivity index (χ4v) is 2.38. The van der Waals surface area contributed by atoms with Gasteiger partial charge in [-0.1, -0.05) is 28.0 Å². The lowest BCUT2D eigenvalue weighted by atomic mass is 10.1. The molecule has 100 valence electrons. The Morgan fingerprint density at radius 1 is 1.42 bits per heavy atom. The molecule has 0 unspecified atom stereocenters. The van der Waals surface area contributed by atoms with Crippen molar-refractivity contribution in [1.82, 2.24) is 5.16 Å². The Balaban J connectivity index is 2.29. The van der Waals surface area contributed by atoms with Crippen molar-refractivity contribution in [3.05, 3.63) is 45.3 Å². The number of nitrogens with one attached hydrogen (secondary N) is 1. The number of aryl methyl sites for hydroxylation is 3. The summed E-state index contributed by atoms with van der Waals surface area (Å²) in [5, 5.41) is 6.71. The highest BCUT2D eigenvalue weighted by molar-refractivity contribution is 9.10. The number of rotatable bonds is 3. The number of amides is 1. The van der Waals surface area contributed by atoms with E-state index >= 15 is 0 Å². The third kappa shape index (κ3) is 2.87. The first kappa shape index (κ1) is 13.8. The summed E-state index contributed by atoms with van der Waals surface area (Å²) in [5.41, 5.74) is 3.00. The molecule has 0 saturated heterocycles. The van der Waals surface area contributed by atoms with E-state index in [0.717, 1.165) is 22.1 Å². The van der Waals surface area contributed by atoms with Gasteiger partial charge in [-0.3, -0.25) is 4.79 Å². The van der Waals surface area contributed by atoms with Gasteiger partial charge in [-0.25, -0.2) is 0 Å². The molecule has 0 saturated carbocycles. The van der Waals surface area contributed by atoms with Crippen molar-refractivity contribution in [3.63, 3.8) is 0 Å². The summed E-state index contributed by atoms with van der Waals surface area (Å²) in [6.45, 7) is 5.54. The number of benzene rings is 1. The second kappa shape index (κ2) is 5.57. The molecule has 0 aliphatic heterocycles. The SMILES string of the molecule is CCc1cc(Br)ccc1NC(=O)c1c(C)noc1C. The Kier molecular flexibility index (Phi) is 4.04. The van der Waals surface area contributed by atoms with Gasteiger partial charge in [0.15, 0.2) is 0 Å². The van der Waals surface area contributed by atoms with Gasteiger partial charge in [0.05, 0.1) is 5.69 Å². The van der Waals surface area contributed by atoms with Crippen molar-refractivity contribution >= 4 is 27.5 Å². The molecule has 5 heteroatoms. The summed E-state index contributed by atoms with van der Waals surface area (Å²) in [7, 11) is 0. The van der Waals surface area contributed by atoms with Crippen molar-refractivity contribution in [3.8, 4) is 0 Å². The standard InChI is InChI=1S/C14H15BrN2O2/c1-4-10-7-11(15)5-6-12(10)16-14(18)13-8(2)17-19-9(13)3/h5-7H,4H2,1-3H3,(H,16,18). The minimum absolute atomic E-state index is 0.187. The molecule has 0 aliphatic rings. The molecule has 1 heterocycles. The van der Waals surface area contributed by atoms with E-state index < -0.39 is 0 Å². The Morgan fingerprint density at radius 2 is 2.16 bits per heavy atom. The van der Waals surface area contributed by atoms with Crippen LogP contribution in [-0.2, 0) is 6.42 Å². The van der Waals surface area contributed by atoms with Gasteiger partial charge in [-0.2, -0.15) is 0 Å². The monoisotopic (exact) mass is 322 g/mol. The quantitative estimate of drug-likeness (QED) is 0.933. The predicted molar refractivity (Wildman–Crippen MR) is 77.5 cm³/mol. The third-order valence-electron chi connectivity index (χ3n) is 2.96. The summed E-state index contributed by atoms with van der Waals surface area (Å²) in [4.78, 5) is 12.2. The Bertz CT molecular complexity index is 600. The second-order valence-corrected chi connectivity index (χ2v) is 5.22. The van der Waals surface area contributed by atoms with Gasteiger partial charge in [0.2, 0.25) is 0 Å². The zero-order chi connectivity index (χ0) is 14.0. The molecule has 1 N–H and O–H groups in total. The largest absolute Gasteiger partial charge is 0.361 e. The third-order valence-corrected chi connectivity index (χ3v) is 3.45. The molecule has 2 aromatic rings. The number of hydrogen-bond acceptors (Lipinski definition) is 3. The summed E-state index contributed by atoms with van der Waals surface area (Å²) in [5.74, 6) is 0.346. The lowest BCUT2D eigenvalue weighted by Gasteiger charge is -2.10. The second-order valence-electron chi connectivity index (χ2n) is 4.31. The van der Waals surface area contributed by atoms with Crippen LogP contribution < -0.4 is 5.32 Å². The van der Waals surface area contributed by atoms with Crippen LogP contribution in [0.2, 0.25) is 0 Å². The van der Waals surface area contributed by atoms with Crippen molar-refractivity contribution in [2.24, 2.45) is 0 Å². The zero-order valence-corrected chi connectivity index (χ0v) is 12.7. The zero-order valence-electron chi connectivity index (χ0n) is 11.1. The molecule has 1 aromatic carbocycles. The maximum absolute atomic E-state index is 12.2. The van der Waals surface area contributed by atoms with Crippen LogP contribution in [-0.4, -0.2) is 11.1 Å². The Hall–Kier alpha value is -1.62. The van der Waals surface area contributed by atoms with Gasteiger partial charge in [-0.05, 0) is 44.0 Å². The maximum Gasteiger partial charge on any atom is 0.261 e. The number of carbonyl (C=O) groups excluding carboxylic acids is 1. The summed E-state index contributed by atoms with van der Waals surface area (Å²) in [6.07, 6.45) is 0.844. The van der Waals surface area contributed by atoms with E-state index in [1.165, 1.54) is 0 Å². The van der Waals surface area contributed by atoms with Crippen LogP contribution in [0.1, 0.15) is 34.3 Å². The van der Waals surface area contributed by atoms with E-state index in [-0.39, 0.29) is 5.91 Å². The first-order chi connectivity index (χ1) is 9.02. The lowest BCUT2D eigenvalue weighted by Crippen LogP contribution is -2.14. The van der Waals surface area contributed by atoms with Crippen molar-refractivity contribution < 1.29 is 9.32 Å². The molecule has 19 heavy (non-hydrogen) atoms. The first-order valence-electron chi connectivity index (χ1n) is 6.05. The number of anilines is 1. The molecule has 0 fully saturated rings. The molecule has 0 spiro atoms. The molecule has 2 rings (SSSR count). The van der Waals surface area contributed by atoms with E-state index in [0.29, 0.717) is 17.0 Å². The molecular weight excluding hydrogens is 308 g/mol. The van der Waals surface area contributed by atoms with E-state index in [4.69, 9.17) is 4.52 Å². The highest BCUT2D eigenvalue weighted by Crippen LogP contribution is 2.23. The van der Waals surface area contributed by atoms with Gasteiger partial charge >= 0.3 is 0 Å². The average Bonchev–Trinajstić information content (AvgIpc) is 2.71. The van der Waals surface area contributed by atoms with Crippen LogP contribution in [0, 0.1) is 13.8 Å². The number of aromatic nitrogens is 1. The topological polar surface area (TPSA) is 55.1 Å². The van der Waals surface area contributed by atoms with Crippen LogP contribution in [0.15, 0.2) is 27.2 Å².